The van der Waals surface area contributed by atoms with Gasteiger partial charge >= 0.3 is 6.18 Å². The van der Waals surface area contributed by atoms with E-state index in [2.05, 4.69) is 10.6 Å². The number of carbonyl (C=O) groups excluding carboxylic acids is 1. The number of halogens is 3. The van der Waals surface area contributed by atoms with Crippen LogP contribution < -0.4 is 10.6 Å². The lowest BCUT2D eigenvalue weighted by Crippen LogP contribution is -2.54. The highest BCUT2D eigenvalue weighted by atomic mass is 19.4. The van der Waals surface area contributed by atoms with Crippen LogP contribution in [-0.2, 0) is 4.79 Å². The molecule has 1 heterocycles. The van der Waals surface area contributed by atoms with Gasteiger partial charge in [-0.1, -0.05) is 0 Å². The number of aliphatic hydroxyl groups excluding tert-OH is 1. The molecule has 0 saturated carbocycles. The molecule has 4 nitrogen and oxygen atoms in total. The average molecular weight is 240 g/mol. The highest BCUT2D eigenvalue weighted by Gasteiger charge is 2.61. The van der Waals surface area contributed by atoms with Gasteiger partial charge in [0.25, 0.3) is 0 Å². The molecule has 16 heavy (non-hydrogen) atoms. The third kappa shape index (κ3) is 2.30. The lowest BCUT2D eigenvalue weighted by Gasteiger charge is -2.30. The fourth-order valence-electron chi connectivity index (χ4n) is 1.66. The highest BCUT2D eigenvalue weighted by molar-refractivity contribution is 5.84. The van der Waals surface area contributed by atoms with Crippen molar-refractivity contribution in [1.82, 2.24) is 10.6 Å². The van der Waals surface area contributed by atoms with E-state index in [-0.39, 0.29) is 19.6 Å². The summed E-state index contributed by atoms with van der Waals surface area (Å²) in [6, 6.07) is -0.674. The van der Waals surface area contributed by atoms with Crippen LogP contribution in [0, 0.1) is 5.41 Å². The molecule has 1 fully saturated rings. The molecule has 0 bridgehead atoms. The van der Waals surface area contributed by atoms with Gasteiger partial charge in [0, 0.05) is 12.6 Å². The van der Waals surface area contributed by atoms with Crippen molar-refractivity contribution in [3.8, 4) is 0 Å². The predicted molar refractivity (Wildman–Crippen MR) is 50.7 cm³/mol. The Morgan fingerprint density at radius 2 is 2.25 bits per heavy atom. The molecule has 1 rings (SSSR count). The summed E-state index contributed by atoms with van der Waals surface area (Å²) >= 11 is 0. The SMILES string of the molecule is C[C@H](CO)NC(=O)C1(C(F)(F)F)CCNC1. The van der Waals surface area contributed by atoms with Crippen molar-refractivity contribution in [2.24, 2.45) is 5.41 Å². The van der Waals surface area contributed by atoms with Crippen LogP contribution in [0.5, 0.6) is 0 Å². The van der Waals surface area contributed by atoms with Crippen LogP contribution in [0.25, 0.3) is 0 Å². The third-order valence-electron chi connectivity index (χ3n) is 2.78. The Balaban J connectivity index is 2.82. The molecule has 1 amide bonds. The monoisotopic (exact) mass is 240 g/mol. The molecule has 0 radical (unpaired) electrons. The van der Waals surface area contributed by atoms with E-state index in [1.165, 1.54) is 6.92 Å². The molecule has 0 aliphatic carbocycles. The average Bonchev–Trinajstić information content (AvgIpc) is 2.66. The first-order valence-electron chi connectivity index (χ1n) is 5.03. The smallest absolute Gasteiger partial charge is 0.394 e. The molecule has 2 atom stereocenters. The van der Waals surface area contributed by atoms with E-state index < -0.39 is 30.1 Å². The fourth-order valence-corrected chi connectivity index (χ4v) is 1.66. The fraction of sp³-hybridized carbons (Fsp3) is 0.889. The maximum absolute atomic E-state index is 12.9. The van der Waals surface area contributed by atoms with Crippen LogP contribution in [0.1, 0.15) is 13.3 Å². The minimum atomic E-state index is -4.57. The summed E-state index contributed by atoms with van der Waals surface area (Å²) in [5, 5.41) is 13.4. The minimum absolute atomic E-state index is 0.167. The van der Waals surface area contributed by atoms with Gasteiger partial charge in [0.15, 0.2) is 5.41 Å². The van der Waals surface area contributed by atoms with Gasteiger partial charge in [-0.15, -0.1) is 0 Å². The Morgan fingerprint density at radius 1 is 1.62 bits per heavy atom. The summed E-state index contributed by atoms with van der Waals surface area (Å²) in [4.78, 5) is 11.6. The zero-order valence-corrected chi connectivity index (χ0v) is 8.90. The molecular weight excluding hydrogens is 225 g/mol. The van der Waals surface area contributed by atoms with Gasteiger partial charge in [-0.2, -0.15) is 13.2 Å². The lowest BCUT2D eigenvalue weighted by molar-refractivity contribution is -0.216. The Labute approximate surface area is 91.2 Å². The minimum Gasteiger partial charge on any atom is -0.394 e. The van der Waals surface area contributed by atoms with Crippen LogP contribution >= 0.6 is 0 Å². The van der Waals surface area contributed by atoms with Crippen molar-refractivity contribution >= 4 is 5.91 Å². The zero-order chi connectivity index (χ0) is 12.4. The van der Waals surface area contributed by atoms with E-state index in [1.807, 2.05) is 0 Å². The normalized spacial score (nSPS) is 27.8. The van der Waals surface area contributed by atoms with Crippen LogP contribution in [0.4, 0.5) is 13.2 Å². The quantitative estimate of drug-likeness (QED) is 0.652. The van der Waals surface area contributed by atoms with Crippen LogP contribution in [0.15, 0.2) is 0 Å². The van der Waals surface area contributed by atoms with E-state index in [0.717, 1.165) is 0 Å². The molecule has 1 unspecified atom stereocenters. The van der Waals surface area contributed by atoms with E-state index in [1.54, 1.807) is 0 Å². The largest absolute Gasteiger partial charge is 0.404 e. The summed E-state index contributed by atoms with van der Waals surface area (Å²) in [7, 11) is 0. The molecule has 0 spiro atoms. The molecule has 1 aliphatic rings. The predicted octanol–water partition coefficient (Wildman–Crippen LogP) is 0.0254. The van der Waals surface area contributed by atoms with E-state index in [4.69, 9.17) is 5.11 Å². The second-order valence-electron chi connectivity index (χ2n) is 4.06. The first-order chi connectivity index (χ1) is 7.33. The Bertz CT molecular complexity index is 262. The standard InChI is InChI=1S/C9H15F3N2O2/c1-6(4-15)14-7(16)8(9(10,11)12)2-3-13-5-8/h6,13,15H,2-5H2,1H3,(H,14,16)/t6-,8?/m1/s1. The van der Waals surface area contributed by atoms with Gasteiger partial charge in [0.1, 0.15) is 0 Å². The van der Waals surface area contributed by atoms with Gasteiger partial charge in [-0.05, 0) is 19.9 Å². The van der Waals surface area contributed by atoms with Gasteiger partial charge in [-0.3, -0.25) is 4.79 Å². The Morgan fingerprint density at radius 3 is 2.62 bits per heavy atom. The van der Waals surface area contributed by atoms with Gasteiger partial charge in [-0.25, -0.2) is 0 Å². The maximum Gasteiger partial charge on any atom is 0.404 e. The molecule has 3 N–H and O–H groups in total. The molecular formula is C9H15F3N2O2. The molecule has 0 aromatic heterocycles. The summed E-state index contributed by atoms with van der Waals surface area (Å²) < 4.78 is 38.6. The van der Waals surface area contributed by atoms with E-state index in [0.29, 0.717) is 0 Å². The summed E-state index contributed by atoms with van der Waals surface area (Å²) in [6.07, 6.45) is -4.84. The van der Waals surface area contributed by atoms with Gasteiger partial charge in [0.05, 0.1) is 6.61 Å². The molecule has 94 valence electrons. The molecule has 1 aliphatic heterocycles. The Hall–Kier alpha value is -0.820. The summed E-state index contributed by atoms with van der Waals surface area (Å²) in [5.74, 6) is -1.06. The van der Waals surface area contributed by atoms with Crippen molar-refractivity contribution in [1.29, 1.82) is 0 Å². The van der Waals surface area contributed by atoms with Crippen molar-refractivity contribution in [2.75, 3.05) is 19.7 Å². The number of rotatable bonds is 3. The van der Waals surface area contributed by atoms with E-state index in [9.17, 15) is 18.0 Å². The number of carbonyl (C=O) groups is 1. The second kappa shape index (κ2) is 4.58. The van der Waals surface area contributed by atoms with Crippen LogP contribution in [0.3, 0.4) is 0 Å². The third-order valence-corrected chi connectivity index (χ3v) is 2.78. The van der Waals surface area contributed by atoms with E-state index >= 15 is 0 Å². The second-order valence-corrected chi connectivity index (χ2v) is 4.06. The highest BCUT2D eigenvalue weighted by Crippen LogP contribution is 2.43. The molecule has 0 aromatic rings. The Kier molecular flexibility index (Phi) is 3.80. The van der Waals surface area contributed by atoms with Gasteiger partial charge < -0.3 is 15.7 Å². The van der Waals surface area contributed by atoms with Crippen LogP contribution in [-0.4, -0.2) is 42.9 Å². The van der Waals surface area contributed by atoms with Crippen molar-refractivity contribution in [3.05, 3.63) is 0 Å². The molecule has 1 saturated heterocycles. The first-order valence-corrected chi connectivity index (χ1v) is 5.03. The first kappa shape index (κ1) is 13.2. The van der Waals surface area contributed by atoms with Crippen LogP contribution in [0.2, 0.25) is 0 Å². The number of alkyl halides is 3. The topological polar surface area (TPSA) is 61.4 Å². The number of hydrogen-bond acceptors (Lipinski definition) is 3. The van der Waals surface area contributed by atoms with Crippen molar-refractivity contribution in [2.45, 2.75) is 25.6 Å². The number of hydrogen-bond donors (Lipinski definition) is 3. The number of aliphatic hydroxyl groups is 1. The lowest BCUT2D eigenvalue weighted by atomic mass is 9.85. The molecule has 7 heteroatoms. The van der Waals surface area contributed by atoms with Crippen molar-refractivity contribution in [3.63, 3.8) is 0 Å². The number of nitrogens with one attached hydrogen (secondary N) is 2. The summed E-state index contributed by atoms with van der Waals surface area (Å²) in [5.41, 5.74) is -2.35. The molecule has 0 aromatic carbocycles. The number of amides is 1. The zero-order valence-electron chi connectivity index (χ0n) is 8.90. The summed E-state index contributed by atoms with van der Waals surface area (Å²) in [6.45, 7) is 0.832. The maximum atomic E-state index is 12.9. The van der Waals surface area contributed by atoms with Gasteiger partial charge in [0.2, 0.25) is 5.91 Å². The van der Waals surface area contributed by atoms with Crippen molar-refractivity contribution < 1.29 is 23.1 Å².